The third-order valence-corrected chi connectivity index (χ3v) is 3.08. The quantitative estimate of drug-likeness (QED) is 0.728. The molecule has 3 aromatic heterocycles. The van der Waals surface area contributed by atoms with Gasteiger partial charge in [-0.25, -0.2) is 4.98 Å². The summed E-state index contributed by atoms with van der Waals surface area (Å²) in [5.41, 5.74) is 1.94. The van der Waals surface area contributed by atoms with Gasteiger partial charge in [0.05, 0.1) is 12.2 Å². The molecule has 0 fully saturated rings. The highest BCUT2D eigenvalue weighted by Crippen LogP contribution is 2.15. The number of carbonyl (C=O) groups is 1. The summed E-state index contributed by atoms with van der Waals surface area (Å²) >= 11 is 0. The first-order chi connectivity index (χ1) is 10.7. The van der Waals surface area contributed by atoms with Gasteiger partial charge in [-0.2, -0.15) is 10.2 Å². The van der Waals surface area contributed by atoms with Crippen LogP contribution < -0.4 is 5.32 Å². The maximum Gasteiger partial charge on any atom is 0.269 e. The van der Waals surface area contributed by atoms with Gasteiger partial charge < -0.3 is 5.32 Å². The minimum absolute atomic E-state index is 0.0839. The van der Waals surface area contributed by atoms with Crippen LogP contribution in [0.5, 0.6) is 0 Å². The molecule has 3 rings (SSSR count). The van der Waals surface area contributed by atoms with Gasteiger partial charge in [-0.15, -0.1) is 0 Å². The number of rotatable bonds is 5. The summed E-state index contributed by atoms with van der Waals surface area (Å²) in [5.74, 6) is -0.213. The van der Waals surface area contributed by atoms with Gasteiger partial charge in [0.1, 0.15) is 18.3 Å². The average Bonchev–Trinajstić information content (AvgIpc) is 3.19. The zero-order valence-corrected chi connectivity index (χ0v) is 12.0. The molecule has 0 aliphatic carbocycles. The topological polar surface area (TPSA) is 101 Å². The van der Waals surface area contributed by atoms with Crippen LogP contribution in [0.1, 0.15) is 17.4 Å². The van der Waals surface area contributed by atoms with Crippen LogP contribution in [0.2, 0.25) is 0 Å². The minimum atomic E-state index is -0.213. The number of hydrogen-bond donors (Lipinski definition) is 2. The molecule has 3 heterocycles. The Morgan fingerprint density at radius 1 is 1.45 bits per heavy atom. The summed E-state index contributed by atoms with van der Waals surface area (Å²) in [6.07, 6.45) is 6.46. The summed E-state index contributed by atoms with van der Waals surface area (Å²) in [7, 11) is 0. The van der Waals surface area contributed by atoms with Gasteiger partial charge in [0.25, 0.3) is 5.91 Å². The van der Waals surface area contributed by atoms with Crippen LogP contribution in [0.25, 0.3) is 11.3 Å². The fourth-order valence-corrected chi connectivity index (χ4v) is 2.05. The lowest BCUT2D eigenvalue weighted by Gasteiger charge is -2.12. The van der Waals surface area contributed by atoms with Crippen LogP contribution in [0, 0.1) is 0 Å². The zero-order valence-electron chi connectivity index (χ0n) is 12.0. The molecule has 0 saturated carbocycles. The predicted octanol–water partition coefficient (Wildman–Crippen LogP) is 0.882. The van der Waals surface area contributed by atoms with E-state index in [9.17, 15) is 4.79 Å². The molecule has 1 atom stereocenters. The van der Waals surface area contributed by atoms with Crippen molar-refractivity contribution < 1.29 is 4.79 Å². The van der Waals surface area contributed by atoms with Gasteiger partial charge in [-0.1, -0.05) is 0 Å². The lowest BCUT2D eigenvalue weighted by molar-refractivity contribution is 0.0931. The first-order valence-electron chi connectivity index (χ1n) is 6.81. The third kappa shape index (κ3) is 3.17. The van der Waals surface area contributed by atoms with Crippen molar-refractivity contribution in [3.63, 3.8) is 0 Å². The van der Waals surface area contributed by atoms with Crippen molar-refractivity contribution in [2.45, 2.75) is 19.5 Å². The Labute approximate surface area is 126 Å². The predicted molar refractivity (Wildman–Crippen MR) is 78.8 cm³/mol. The lowest BCUT2D eigenvalue weighted by Crippen LogP contribution is -2.36. The van der Waals surface area contributed by atoms with Gasteiger partial charge in [-0.05, 0) is 25.1 Å². The van der Waals surface area contributed by atoms with Crippen LogP contribution >= 0.6 is 0 Å². The average molecular weight is 297 g/mol. The van der Waals surface area contributed by atoms with E-state index in [1.165, 1.54) is 6.33 Å². The second-order valence-corrected chi connectivity index (χ2v) is 4.90. The SMILES string of the molecule is CC(Cn1cncn1)NC(=O)c1cc(-c2cccnc2)n[nH]1. The van der Waals surface area contributed by atoms with Crippen molar-refractivity contribution >= 4 is 5.91 Å². The van der Waals surface area contributed by atoms with E-state index in [1.54, 1.807) is 29.5 Å². The van der Waals surface area contributed by atoms with Crippen molar-refractivity contribution in [1.29, 1.82) is 0 Å². The van der Waals surface area contributed by atoms with E-state index in [2.05, 4.69) is 30.6 Å². The van der Waals surface area contributed by atoms with Gasteiger partial charge in [0.2, 0.25) is 0 Å². The number of aromatic amines is 1. The number of aromatic nitrogens is 6. The van der Waals surface area contributed by atoms with Crippen LogP contribution in [-0.4, -0.2) is 41.9 Å². The Morgan fingerprint density at radius 2 is 2.36 bits per heavy atom. The van der Waals surface area contributed by atoms with Crippen molar-refractivity contribution in [2.75, 3.05) is 0 Å². The summed E-state index contributed by atoms with van der Waals surface area (Å²) in [5, 5.41) is 13.8. The summed E-state index contributed by atoms with van der Waals surface area (Å²) in [4.78, 5) is 20.1. The van der Waals surface area contributed by atoms with E-state index in [-0.39, 0.29) is 11.9 Å². The molecule has 2 N–H and O–H groups in total. The molecule has 22 heavy (non-hydrogen) atoms. The molecule has 0 radical (unpaired) electrons. The van der Waals surface area contributed by atoms with E-state index < -0.39 is 0 Å². The molecule has 0 aromatic carbocycles. The van der Waals surface area contributed by atoms with Gasteiger partial charge in [-0.3, -0.25) is 19.6 Å². The Balaban J connectivity index is 1.64. The molecule has 8 heteroatoms. The second kappa shape index (κ2) is 6.17. The highest BCUT2D eigenvalue weighted by Gasteiger charge is 2.14. The van der Waals surface area contributed by atoms with Crippen LogP contribution in [0.3, 0.4) is 0 Å². The first kappa shape index (κ1) is 13.9. The van der Waals surface area contributed by atoms with Crippen LogP contribution in [0.15, 0.2) is 43.2 Å². The van der Waals surface area contributed by atoms with Crippen molar-refractivity contribution in [3.05, 3.63) is 48.9 Å². The largest absolute Gasteiger partial charge is 0.346 e. The fourth-order valence-electron chi connectivity index (χ4n) is 2.05. The van der Waals surface area contributed by atoms with E-state index >= 15 is 0 Å². The molecule has 8 nitrogen and oxygen atoms in total. The van der Waals surface area contributed by atoms with Gasteiger partial charge in [0.15, 0.2) is 0 Å². The number of H-pyrrole nitrogens is 1. The summed E-state index contributed by atoms with van der Waals surface area (Å²) < 4.78 is 1.67. The molecule has 1 unspecified atom stereocenters. The van der Waals surface area contributed by atoms with E-state index in [0.717, 1.165) is 5.56 Å². The summed E-state index contributed by atoms with van der Waals surface area (Å²) in [6, 6.07) is 5.33. The van der Waals surface area contributed by atoms with Crippen LogP contribution in [0.4, 0.5) is 0 Å². The molecule has 0 aliphatic rings. The maximum atomic E-state index is 12.2. The Bertz CT molecular complexity index is 736. The molecule has 1 amide bonds. The molecular weight excluding hydrogens is 282 g/mol. The van der Waals surface area contributed by atoms with Gasteiger partial charge in [0, 0.05) is 24.0 Å². The normalized spacial score (nSPS) is 12.0. The Morgan fingerprint density at radius 3 is 3.09 bits per heavy atom. The van der Waals surface area contributed by atoms with E-state index in [0.29, 0.717) is 17.9 Å². The van der Waals surface area contributed by atoms with Crippen molar-refractivity contribution in [2.24, 2.45) is 0 Å². The standard InChI is InChI=1S/C14H15N7O/c1-10(7-21-9-16-8-17-21)18-14(22)13-5-12(19-20-13)11-3-2-4-15-6-11/h2-6,8-10H,7H2,1H3,(H,18,22)(H,19,20). The Kier molecular flexibility index (Phi) is 3.90. The summed E-state index contributed by atoms with van der Waals surface area (Å²) in [6.45, 7) is 2.45. The molecule has 0 saturated heterocycles. The first-order valence-corrected chi connectivity index (χ1v) is 6.81. The number of amides is 1. The maximum absolute atomic E-state index is 12.2. The van der Waals surface area contributed by atoms with Crippen molar-refractivity contribution in [1.82, 2.24) is 35.3 Å². The fraction of sp³-hybridized carbons (Fsp3) is 0.214. The molecule has 112 valence electrons. The minimum Gasteiger partial charge on any atom is -0.346 e. The molecular formula is C14H15N7O. The zero-order chi connectivity index (χ0) is 15.4. The molecule has 3 aromatic rings. The highest BCUT2D eigenvalue weighted by molar-refractivity contribution is 5.93. The Hall–Kier alpha value is -3.03. The molecule has 0 bridgehead atoms. The van der Waals surface area contributed by atoms with E-state index in [4.69, 9.17) is 0 Å². The number of hydrogen-bond acceptors (Lipinski definition) is 5. The van der Waals surface area contributed by atoms with Crippen molar-refractivity contribution in [3.8, 4) is 11.3 Å². The number of carbonyl (C=O) groups excluding carboxylic acids is 1. The molecule has 0 spiro atoms. The number of nitrogens with one attached hydrogen (secondary N) is 2. The van der Waals surface area contributed by atoms with Crippen LogP contribution in [-0.2, 0) is 6.54 Å². The lowest BCUT2D eigenvalue weighted by atomic mass is 10.2. The smallest absolute Gasteiger partial charge is 0.269 e. The monoisotopic (exact) mass is 297 g/mol. The van der Waals surface area contributed by atoms with Gasteiger partial charge >= 0.3 is 0 Å². The third-order valence-electron chi connectivity index (χ3n) is 3.08. The molecule has 0 aliphatic heterocycles. The second-order valence-electron chi connectivity index (χ2n) is 4.90. The number of nitrogens with zero attached hydrogens (tertiary/aromatic N) is 5. The van der Waals surface area contributed by atoms with E-state index in [1.807, 2.05) is 19.1 Å². The number of pyridine rings is 1. The highest BCUT2D eigenvalue weighted by atomic mass is 16.2.